The molecule has 3 rings (SSSR count). The van der Waals surface area contributed by atoms with Crippen LogP contribution in [-0.4, -0.2) is 0 Å². The highest BCUT2D eigenvalue weighted by atomic mass is 14.9. The lowest BCUT2D eigenvalue weighted by Crippen LogP contribution is -2.03. The summed E-state index contributed by atoms with van der Waals surface area (Å²) in [7, 11) is 0. The fourth-order valence-electron chi connectivity index (χ4n) is 2.97. The Morgan fingerprint density at radius 2 is 1.55 bits per heavy atom. The first kappa shape index (κ1) is 13.2. The molecular weight excluding hydrogens is 242 g/mol. The lowest BCUT2D eigenvalue weighted by Gasteiger charge is -2.14. The highest BCUT2D eigenvalue weighted by molar-refractivity contribution is 5.58. The summed E-state index contributed by atoms with van der Waals surface area (Å²) in [5.74, 6) is 0.846. The second-order valence-electron chi connectivity index (χ2n) is 6.14. The van der Waals surface area contributed by atoms with E-state index >= 15 is 0 Å². The van der Waals surface area contributed by atoms with Crippen molar-refractivity contribution in [1.29, 1.82) is 0 Å². The van der Waals surface area contributed by atoms with Crippen LogP contribution < -0.4 is 5.32 Å². The van der Waals surface area contributed by atoms with Gasteiger partial charge in [-0.15, -0.1) is 0 Å². The normalized spacial score (nSPS) is 14.3. The molecule has 0 radical (unpaired) electrons. The van der Waals surface area contributed by atoms with Crippen LogP contribution in [0.1, 0.15) is 46.6 Å². The van der Waals surface area contributed by atoms with Gasteiger partial charge in [-0.05, 0) is 61.8 Å². The van der Waals surface area contributed by atoms with Crippen molar-refractivity contribution < 1.29 is 0 Å². The summed E-state index contributed by atoms with van der Waals surface area (Å²) in [6.07, 6.45) is 2.75. The van der Waals surface area contributed by atoms with E-state index in [4.69, 9.17) is 0 Å². The van der Waals surface area contributed by atoms with E-state index in [-0.39, 0.29) is 0 Å². The molecule has 1 saturated carbocycles. The molecule has 2 aromatic carbocycles. The minimum Gasteiger partial charge on any atom is -0.381 e. The van der Waals surface area contributed by atoms with Crippen molar-refractivity contribution in [3.8, 4) is 0 Å². The maximum atomic E-state index is 3.59. The van der Waals surface area contributed by atoms with E-state index < -0.39 is 0 Å². The Morgan fingerprint density at radius 3 is 2.10 bits per heavy atom. The van der Waals surface area contributed by atoms with Crippen molar-refractivity contribution in [2.24, 2.45) is 0 Å². The lowest BCUT2D eigenvalue weighted by molar-refractivity contribution is 1.09. The predicted molar refractivity (Wildman–Crippen MR) is 86.4 cm³/mol. The molecule has 0 bridgehead atoms. The van der Waals surface area contributed by atoms with E-state index in [2.05, 4.69) is 62.5 Å². The van der Waals surface area contributed by atoms with Gasteiger partial charge in [0.25, 0.3) is 0 Å². The van der Waals surface area contributed by atoms with Gasteiger partial charge in [0.15, 0.2) is 0 Å². The Morgan fingerprint density at radius 1 is 0.950 bits per heavy atom. The van der Waals surface area contributed by atoms with Crippen LogP contribution in [0.2, 0.25) is 0 Å². The van der Waals surface area contributed by atoms with Crippen LogP contribution in [0.25, 0.3) is 0 Å². The number of anilines is 1. The summed E-state index contributed by atoms with van der Waals surface area (Å²) in [5.41, 5.74) is 8.14. The SMILES string of the molecule is Cc1cc(C)c(NCc2ccc(C3CC3)cc2)c(C)c1. The molecule has 0 saturated heterocycles. The molecule has 0 unspecified atom stereocenters. The zero-order valence-electron chi connectivity index (χ0n) is 12.7. The van der Waals surface area contributed by atoms with E-state index in [1.165, 1.54) is 46.3 Å². The van der Waals surface area contributed by atoms with Gasteiger partial charge in [0, 0.05) is 12.2 Å². The number of aryl methyl sites for hydroxylation is 3. The Labute approximate surface area is 122 Å². The number of benzene rings is 2. The molecule has 2 aromatic rings. The van der Waals surface area contributed by atoms with Crippen LogP contribution in [0.3, 0.4) is 0 Å². The zero-order valence-corrected chi connectivity index (χ0v) is 12.7. The Hall–Kier alpha value is -1.76. The Balaban J connectivity index is 1.69. The summed E-state index contributed by atoms with van der Waals surface area (Å²) >= 11 is 0. The molecule has 1 aliphatic rings. The Bertz CT molecular complexity index is 583. The topological polar surface area (TPSA) is 12.0 Å². The Kier molecular flexibility index (Phi) is 3.52. The first-order chi connectivity index (χ1) is 9.63. The number of hydrogen-bond acceptors (Lipinski definition) is 1. The van der Waals surface area contributed by atoms with E-state index in [0.717, 1.165) is 12.5 Å². The van der Waals surface area contributed by atoms with Crippen molar-refractivity contribution in [3.63, 3.8) is 0 Å². The summed E-state index contributed by atoms with van der Waals surface area (Å²) in [6.45, 7) is 7.41. The quantitative estimate of drug-likeness (QED) is 0.810. The van der Waals surface area contributed by atoms with Gasteiger partial charge in [-0.3, -0.25) is 0 Å². The fourth-order valence-corrected chi connectivity index (χ4v) is 2.97. The van der Waals surface area contributed by atoms with Gasteiger partial charge in [0.2, 0.25) is 0 Å². The second kappa shape index (κ2) is 5.32. The standard InChI is InChI=1S/C19H23N/c1-13-10-14(2)19(15(3)11-13)20-12-16-4-6-17(7-5-16)18-8-9-18/h4-7,10-11,18,20H,8-9,12H2,1-3H3. The van der Waals surface area contributed by atoms with Gasteiger partial charge in [0.05, 0.1) is 0 Å². The van der Waals surface area contributed by atoms with Gasteiger partial charge >= 0.3 is 0 Å². The molecule has 1 aliphatic carbocycles. The fraction of sp³-hybridized carbons (Fsp3) is 0.368. The summed E-state index contributed by atoms with van der Waals surface area (Å²) in [5, 5.41) is 3.59. The van der Waals surface area contributed by atoms with Crippen LogP contribution in [0.5, 0.6) is 0 Å². The third-order valence-electron chi connectivity index (χ3n) is 4.17. The second-order valence-corrected chi connectivity index (χ2v) is 6.14. The van der Waals surface area contributed by atoms with Crippen LogP contribution in [0.4, 0.5) is 5.69 Å². The van der Waals surface area contributed by atoms with Gasteiger partial charge in [-0.25, -0.2) is 0 Å². The molecule has 1 heteroatoms. The van der Waals surface area contributed by atoms with Crippen molar-refractivity contribution in [2.75, 3.05) is 5.32 Å². The molecule has 1 nitrogen and oxygen atoms in total. The summed E-state index contributed by atoms with van der Waals surface area (Å²) < 4.78 is 0. The molecule has 20 heavy (non-hydrogen) atoms. The number of hydrogen-bond donors (Lipinski definition) is 1. The van der Waals surface area contributed by atoms with E-state index in [1.807, 2.05) is 0 Å². The highest BCUT2D eigenvalue weighted by Crippen LogP contribution is 2.39. The maximum absolute atomic E-state index is 3.59. The molecule has 0 heterocycles. The van der Waals surface area contributed by atoms with Crippen molar-refractivity contribution in [2.45, 2.75) is 46.1 Å². The van der Waals surface area contributed by atoms with Crippen LogP contribution >= 0.6 is 0 Å². The van der Waals surface area contributed by atoms with E-state index in [1.54, 1.807) is 0 Å². The minimum absolute atomic E-state index is 0.846. The average Bonchev–Trinajstić information content (AvgIpc) is 3.22. The van der Waals surface area contributed by atoms with E-state index in [9.17, 15) is 0 Å². The first-order valence-electron chi connectivity index (χ1n) is 7.54. The molecule has 104 valence electrons. The van der Waals surface area contributed by atoms with Gasteiger partial charge < -0.3 is 5.32 Å². The number of nitrogens with one attached hydrogen (secondary N) is 1. The highest BCUT2D eigenvalue weighted by Gasteiger charge is 2.22. The van der Waals surface area contributed by atoms with E-state index in [0.29, 0.717) is 0 Å². The maximum Gasteiger partial charge on any atom is 0.0402 e. The molecular formula is C19H23N. The minimum atomic E-state index is 0.846. The van der Waals surface area contributed by atoms with Gasteiger partial charge in [-0.2, -0.15) is 0 Å². The third-order valence-corrected chi connectivity index (χ3v) is 4.17. The van der Waals surface area contributed by atoms with Gasteiger partial charge in [-0.1, -0.05) is 42.0 Å². The molecule has 1 fully saturated rings. The number of rotatable bonds is 4. The van der Waals surface area contributed by atoms with Crippen LogP contribution in [0, 0.1) is 20.8 Å². The molecule has 1 N–H and O–H groups in total. The monoisotopic (exact) mass is 265 g/mol. The molecule has 0 aliphatic heterocycles. The summed E-state index contributed by atoms with van der Waals surface area (Å²) in [6, 6.07) is 13.6. The molecule has 0 amide bonds. The molecule has 0 atom stereocenters. The van der Waals surface area contributed by atoms with Gasteiger partial charge in [0.1, 0.15) is 0 Å². The molecule has 0 spiro atoms. The lowest BCUT2D eigenvalue weighted by atomic mass is 10.0. The molecule has 0 aromatic heterocycles. The largest absolute Gasteiger partial charge is 0.381 e. The van der Waals surface area contributed by atoms with Crippen LogP contribution in [-0.2, 0) is 6.54 Å². The van der Waals surface area contributed by atoms with Crippen LogP contribution in [0.15, 0.2) is 36.4 Å². The zero-order chi connectivity index (χ0) is 14.1. The van der Waals surface area contributed by atoms with Crippen molar-refractivity contribution in [3.05, 3.63) is 64.2 Å². The average molecular weight is 265 g/mol. The third kappa shape index (κ3) is 2.87. The van der Waals surface area contributed by atoms with Crippen molar-refractivity contribution in [1.82, 2.24) is 0 Å². The van der Waals surface area contributed by atoms with Crippen molar-refractivity contribution >= 4 is 5.69 Å². The predicted octanol–water partition coefficient (Wildman–Crippen LogP) is 5.10. The first-order valence-corrected chi connectivity index (χ1v) is 7.54. The smallest absolute Gasteiger partial charge is 0.0402 e. The summed E-state index contributed by atoms with van der Waals surface area (Å²) in [4.78, 5) is 0.